The van der Waals surface area contributed by atoms with Crippen LogP contribution in [0.5, 0.6) is 11.5 Å². The van der Waals surface area contributed by atoms with Gasteiger partial charge in [-0.05, 0) is 56.9 Å². The lowest BCUT2D eigenvalue weighted by Gasteiger charge is -2.34. The van der Waals surface area contributed by atoms with Gasteiger partial charge in [0.15, 0.2) is 0 Å². The SMILES string of the molecule is COc1cccc(-n2c(CC(=O)NC(C)C)nn(-c3ccc(CCN4C5CCC4COC5)c(OC)c3)c2=O)c1. The van der Waals surface area contributed by atoms with Crippen LogP contribution in [0.4, 0.5) is 0 Å². The van der Waals surface area contributed by atoms with E-state index >= 15 is 0 Å². The number of amides is 1. The summed E-state index contributed by atoms with van der Waals surface area (Å²) in [4.78, 5) is 28.9. The van der Waals surface area contributed by atoms with Crippen molar-refractivity contribution in [1.29, 1.82) is 0 Å². The van der Waals surface area contributed by atoms with Crippen molar-refractivity contribution in [2.45, 2.75) is 57.7 Å². The normalized spacial score (nSPS) is 18.9. The van der Waals surface area contributed by atoms with E-state index in [1.807, 2.05) is 32.0 Å². The molecule has 10 heteroatoms. The van der Waals surface area contributed by atoms with Gasteiger partial charge in [0.2, 0.25) is 5.91 Å². The minimum absolute atomic E-state index is 0.0268. The summed E-state index contributed by atoms with van der Waals surface area (Å²) in [6, 6.07) is 13.8. The molecule has 5 rings (SSSR count). The van der Waals surface area contributed by atoms with Gasteiger partial charge in [-0.2, -0.15) is 4.68 Å². The van der Waals surface area contributed by atoms with Crippen molar-refractivity contribution < 1.29 is 19.0 Å². The molecule has 3 aromatic rings. The van der Waals surface area contributed by atoms with Crippen LogP contribution in [-0.4, -0.2) is 77.3 Å². The van der Waals surface area contributed by atoms with E-state index in [1.165, 1.54) is 22.1 Å². The van der Waals surface area contributed by atoms with E-state index in [4.69, 9.17) is 14.2 Å². The van der Waals surface area contributed by atoms with Crippen molar-refractivity contribution in [2.24, 2.45) is 0 Å². The highest BCUT2D eigenvalue weighted by atomic mass is 16.5. The van der Waals surface area contributed by atoms with Crippen LogP contribution in [0.3, 0.4) is 0 Å². The van der Waals surface area contributed by atoms with Gasteiger partial charge < -0.3 is 19.5 Å². The Hall–Kier alpha value is -3.63. The average molecular weight is 536 g/mol. The second kappa shape index (κ2) is 11.6. The minimum Gasteiger partial charge on any atom is -0.497 e. The maximum atomic E-state index is 13.7. The Morgan fingerprint density at radius 1 is 1.08 bits per heavy atom. The molecular formula is C29H37N5O5. The average Bonchev–Trinajstić information content (AvgIpc) is 3.35. The standard InChI is InChI=1S/C29H37N5O5/c1-19(2)30-28(35)16-27-31-34(29(36)33(27)21-6-5-7-25(14-21)37-3)22-9-8-20(26(15-22)38-4)12-13-32-23-10-11-24(32)18-39-17-23/h5-9,14-15,19,23-24H,10-13,16-18H2,1-4H3,(H,30,35). The molecule has 1 amide bonds. The molecule has 2 unspecified atom stereocenters. The second-order valence-electron chi connectivity index (χ2n) is 10.5. The molecular weight excluding hydrogens is 498 g/mol. The molecule has 2 aliphatic rings. The number of hydrogen-bond acceptors (Lipinski definition) is 7. The molecule has 39 heavy (non-hydrogen) atoms. The highest BCUT2D eigenvalue weighted by Gasteiger charge is 2.36. The second-order valence-corrected chi connectivity index (χ2v) is 10.5. The van der Waals surface area contributed by atoms with Crippen LogP contribution in [0.15, 0.2) is 47.3 Å². The summed E-state index contributed by atoms with van der Waals surface area (Å²) in [5, 5.41) is 7.48. The summed E-state index contributed by atoms with van der Waals surface area (Å²) < 4.78 is 19.6. The van der Waals surface area contributed by atoms with E-state index in [9.17, 15) is 9.59 Å². The highest BCUT2D eigenvalue weighted by Crippen LogP contribution is 2.30. The van der Waals surface area contributed by atoms with Crippen LogP contribution < -0.4 is 20.5 Å². The molecule has 0 spiro atoms. The monoisotopic (exact) mass is 535 g/mol. The zero-order valence-electron chi connectivity index (χ0n) is 23.1. The molecule has 1 N–H and O–H groups in total. The third kappa shape index (κ3) is 5.72. The van der Waals surface area contributed by atoms with Gasteiger partial charge in [0.1, 0.15) is 17.3 Å². The number of nitrogens with one attached hydrogen (secondary N) is 1. The Morgan fingerprint density at radius 2 is 1.85 bits per heavy atom. The first-order valence-corrected chi connectivity index (χ1v) is 13.5. The van der Waals surface area contributed by atoms with Gasteiger partial charge in [-0.25, -0.2) is 9.36 Å². The Kier molecular flexibility index (Phi) is 8.04. The predicted octanol–water partition coefficient (Wildman–Crippen LogP) is 2.51. The topological polar surface area (TPSA) is 99.8 Å². The van der Waals surface area contributed by atoms with Crippen molar-refractivity contribution in [3.63, 3.8) is 0 Å². The zero-order chi connectivity index (χ0) is 27.5. The third-order valence-electron chi connectivity index (χ3n) is 7.47. The molecule has 3 heterocycles. The molecule has 2 bridgehead atoms. The van der Waals surface area contributed by atoms with Crippen LogP contribution in [-0.2, 0) is 22.4 Å². The molecule has 1 aromatic heterocycles. The van der Waals surface area contributed by atoms with E-state index < -0.39 is 0 Å². The summed E-state index contributed by atoms with van der Waals surface area (Å²) in [6.07, 6.45) is 3.17. The first-order valence-electron chi connectivity index (χ1n) is 13.5. The van der Waals surface area contributed by atoms with Crippen molar-refractivity contribution in [1.82, 2.24) is 24.6 Å². The number of carbonyl (C=O) groups excluding carboxylic acids is 1. The van der Waals surface area contributed by atoms with Crippen LogP contribution >= 0.6 is 0 Å². The van der Waals surface area contributed by atoms with Crippen LogP contribution in [0.25, 0.3) is 11.4 Å². The van der Waals surface area contributed by atoms with E-state index in [0.717, 1.165) is 31.7 Å². The van der Waals surface area contributed by atoms with Gasteiger partial charge in [-0.1, -0.05) is 12.1 Å². The van der Waals surface area contributed by atoms with E-state index in [2.05, 4.69) is 15.3 Å². The lowest BCUT2D eigenvalue weighted by Crippen LogP contribution is -2.46. The van der Waals surface area contributed by atoms with Crippen LogP contribution in [0.1, 0.15) is 38.1 Å². The number of nitrogens with zero attached hydrogens (tertiary/aromatic N) is 4. The Balaban J connectivity index is 1.46. The van der Waals surface area contributed by atoms with Gasteiger partial charge in [0.05, 0.1) is 45.2 Å². The smallest absolute Gasteiger partial charge is 0.355 e. The van der Waals surface area contributed by atoms with Gasteiger partial charge in [-0.15, -0.1) is 5.10 Å². The number of morpholine rings is 1. The quantitative estimate of drug-likeness (QED) is 0.426. The number of fused-ring (bicyclic) bond motifs is 2. The third-order valence-corrected chi connectivity index (χ3v) is 7.47. The predicted molar refractivity (Wildman–Crippen MR) is 147 cm³/mol. The number of hydrogen-bond donors (Lipinski definition) is 1. The first-order chi connectivity index (χ1) is 18.9. The lowest BCUT2D eigenvalue weighted by atomic mass is 10.1. The van der Waals surface area contributed by atoms with Crippen molar-refractivity contribution in [2.75, 3.05) is 34.0 Å². The summed E-state index contributed by atoms with van der Waals surface area (Å²) in [7, 11) is 3.21. The molecule has 208 valence electrons. The molecule has 0 saturated carbocycles. The summed E-state index contributed by atoms with van der Waals surface area (Å²) in [5.74, 6) is 1.42. The molecule has 0 radical (unpaired) electrons. The fraction of sp³-hybridized carbons (Fsp3) is 0.483. The number of carbonyl (C=O) groups is 1. The largest absolute Gasteiger partial charge is 0.497 e. The Morgan fingerprint density at radius 3 is 2.54 bits per heavy atom. The first kappa shape index (κ1) is 27.0. The zero-order valence-corrected chi connectivity index (χ0v) is 23.1. The summed E-state index contributed by atoms with van der Waals surface area (Å²) in [5.41, 5.74) is 1.83. The van der Waals surface area contributed by atoms with Crippen molar-refractivity contribution in [3.05, 3.63) is 64.3 Å². The van der Waals surface area contributed by atoms with Gasteiger partial charge >= 0.3 is 5.69 Å². The minimum atomic E-state index is -0.379. The van der Waals surface area contributed by atoms with Gasteiger partial charge in [0, 0.05) is 36.8 Å². The number of benzene rings is 2. The maximum absolute atomic E-state index is 13.7. The Labute approximate surface area is 228 Å². The molecule has 2 aromatic carbocycles. The number of ether oxygens (including phenoxy) is 3. The molecule has 2 fully saturated rings. The van der Waals surface area contributed by atoms with Crippen molar-refractivity contribution >= 4 is 5.91 Å². The fourth-order valence-electron chi connectivity index (χ4n) is 5.62. The number of rotatable bonds is 10. The van der Waals surface area contributed by atoms with E-state index in [1.54, 1.807) is 38.5 Å². The fourth-order valence-corrected chi connectivity index (χ4v) is 5.62. The summed E-state index contributed by atoms with van der Waals surface area (Å²) in [6.45, 7) is 6.34. The highest BCUT2D eigenvalue weighted by molar-refractivity contribution is 5.78. The summed E-state index contributed by atoms with van der Waals surface area (Å²) >= 11 is 0. The van der Waals surface area contributed by atoms with E-state index in [0.29, 0.717) is 40.8 Å². The number of aromatic nitrogens is 3. The lowest BCUT2D eigenvalue weighted by molar-refractivity contribution is -0.121. The van der Waals surface area contributed by atoms with Gasteiger partial charge in [-0.3, -0.25) is 9.69 Å². The molecule has 2 aliphatic heterocycles. The molecule has 0 aliphatic carbocycles. The van der Waals surface area contributed by atoms with Crippen LogP contribution in [0, 0.1) is 0 Å². The van der Waals surface area contributed by atoms with Crippen LogP contribution in [0.2, 0.25) is 0 Å². The molecule has 10 nitrogen and oxygen atoms in total. The molecule has 2 atom stereocenters. The maximum Gasteiger partial charge on any atom is 0.355 e. The number of methoxy groups -OCH3 is 2. The van der Waals surface area contributed by atoms with Crippen molar-refractivity contribution in [3.8, 4) is 22.9 Å². The molecule has 2 saturated heterocycles. The Bertz CT molecular complexity index is 1360. The van der Waals surface area contributed by atoms with Gasteiger partial charge in [0.25, 0.3) is 0 Å². The van der Waals surface area contributed by atoms with E-state index in [-0.39, 0.29) is 24.1 Å².